The van der Waals surface area contributed by atoms with E-state index in [4.69, 9.17) is 0 Å². The molecule has 1 unspecified atom stereocenters. The summed E-state index contributed by atoms with van der Waals surface area (Å²) in [6, 6.07) is 8.19. The van der Waals surface area contributed by atoms with Crippen molar-refractivity contribution < 1.29 is 14.7 Å². The third-order valence-corrected chi connectivity index (χ3v) is 5.20. The summed E-state index contributed by atoms with van der Waals surface area (Å²) in [4.78, 5) is 31.3. The van der Waals surface area contributed by atoms with Gasteiger partial charge >= 0.3 is 5.97 Å². The van der Waals surface area contributed by atoms with E-state index in [1.165, 1.54) is 4.90 Å². The zero-order chi connectivity index (χ0) is 19.3. The van der Waals surface area contributed by atoms with Crippen molar-refractivity contribution >= 4 is 22.9 Å². The van der Waals surface area contributed by atoms with Crippen LogP contribution in [-0.2, 0) is 18.3 Å². The van der Waals surface area contributed by atoms with E-state index in [0.717, 1.165) is 16.6 Å². The van der Waals surface area contributed by atoms with Gasteiger partial charge in [0.1, 0.15) is 0 Å². The van der Waals surface area contributed by atoms with Crippen LogP contribution in [-0.4, -0.2) is 43.2 Å². The van der Waals surface area contributed by atoms with E-state index in [0.29, 0.717) is 35.4 Å². The first-order valence-corrected chi connectivity index (χ1v) is 8.81. The molecule has 0 fully saturated rings. The first-order valence-electron chi connectivity index (χ1n) is 8.81. The molecule has 1 amide bonds. The Morgan fingerprint density at radius 2 is 1.93 bits per heavy atom. The number of carboxylic acid groups (broad SMARTS) is 1. The van der Waals surface area contributed by atoms with Crippen molar-refractivity contribution in [2.75, 3.05) is 6.54 Å². The number of rotatable bonds is 2. The Morgan fingerprint density at radius 1 is 1.19 bits per heavy atom. The fourth-order valence-electron chi connectivity index (χ4n) is 3.85. The maximum Gasteiger partial charge on any atom is 0.331 e. The molecule has 3 heterocycles. The molecule has 0 saturated carbocycles. The Hall–Kier alpha value is -3.22. The zero-order valence-corrected chi connectivity index (χ0v) is 15.4. The molecule has 0 bridgehead atoms. The fraction of sp³-hybridized carbons (Fsp3) is 0.300. The van der Waals surface area contributed by atoms with Crippen LogP contribution in [0.15, 0.2) is 30.3 Å². The lowest BCUT2D eigenvalue weighted by atomic mass is 9.92. The number of hydrogen-bond donors (Lipinski definition) is 1. The van der Waals surface area contributed by atoms with Crippen LogP contribution >= 0.6 is 0 Å². The molecule has 1 aliphatic rings. The number of aromatic nitrogens is 3. The summed E-state index contributed by atoms with van der Waals surface area (Å²) in [7, 11) is 1.81. The van der Waals surface area contributed by atoms with E-state index in [1.54, 1.807) is 29.8 Å². The first kappa shape index (κ1) is 17.2. The minimum Gasteiger partial charge on any atom is -0.479 e. The summed E-state index contributed by atoms with van der Waals surface area (Å²) >= 11 is 0. The predicted octanol–water partition coefficient (Wildman–Crippen LogP) is 2.41. The normalized spacial score (nSPS) is 16.4. The number of carbonyl (C=O) groups excluding carboxylic acids is 1. The standard InChI is InChI=1S/C20H20N4O3/c1-11-16(10-15-12(2)22-23(3)18(15)21-11)19(25)24-9-8-13-6-4-5-7-14(13)17(24)20(26)27/h4-7,10,17H,8-9H2,1-3H3,(H,26,27). The molecular weight excluding hydrogens is 344 g/mol. The Labute approximate surface area is 156 Å². The average Bonchev–Trinajstić information content (AvgIpc) is 2.92. The van der Waals surface area contributed by atoms with Crippen LogP contribution in [0.2, 0.25) is 0 Å². The van der Waals surface area contributed by atoms with Gasteiger partial charge in [-0.25, -0.2) is 9.78 Å². The fourth-order valence-corrected chi connectivity index (χ4v) is 3.85. The molecular formula is C20H20N4O3. The van der Waals surface area contributed by atoms with Gasteiger partial charge in [-0.3, -0.25) is 9.48 Å². The Balaban J connectivity index is 1.80. The molecule has 0 radical (unpaired) electrons. The SMILES string of the molecule is Cc1nc2c(cc1C(=O)N1CCc3ccccc3C1C(=O)O)c(C)nn2C. The molecule has 4 rings (SSSR count). The van der Waals surface area contributed by atoms with Crippen LogP contribution in [0.25, 0.3) is 11.0 Å². The molecule has 3 aromatic rings. The van der Waals surface area contributed by atoms with Gasteiger partial charge in [0.15, 0.2) is 11.7 Å². The first-order chi connectivity index (χ1) is 12.9. The van der Waals surface area contributed by atoms with Crippen LogP contribution in [0.5, 0.6) is 0 Å². The number of fused-ring (bicyclic) bond motifs is 2. The van der Waals surface area contributed by atoms with E-state index in [-0.39, 0.29) is 5.91 Å². The van der Waals surface area contributed by atoms with Crippen LogP contribution in [0.4, 0.5) is 0 Å². The quantitative estimate of drug-likeness (QED) is 0.754. The topological polar surface area (TPSA) is 88.3 Å². The lowest BCUT2D eigenvalue weighted by molar-refractivity contribution is -0.143. The summed E-state index contributed by atoms with van der Waals surface area (Å²) in [5.41, 5.74) is 4.13. The molecule has 0 spiro atoms. The van der Waals surface area contributed by atoms with Gasteiger partial charge in [-0.2, -0.15) is 5.10 Å². The van der Waals surface area contributed by atoms with Crippen molar-refractivity contribution in [1.29, 1.82) is 0 Å². The highest BCUT2D eigenvalue weighted by Gasteiger charge is 2.36. The summed E-state index contributed by atoms with van der Waals surface area (Å²) in [6.45, 7) is 3.99. The molecule has 27 heavy (non-hydrogen) atoms. The summed E-state index contributed by atoms with van der Waals surface area (Å²) in [5, 5.41) is 15.0. The number of pyridine rings is 1. The van der Waals surface area contributed by atoms with Crippen molar-refractivity contribution in [1.82, 2.24) is 19.7 Å². The van der Waals surface area contributed by atoms with E-state index < -0.39 is 12.0 Å². The third-order valence-electron chi connectivity index (χ3n) is 5.20. The maximum absolute atomic E-state index is 13.3. The molecule has 138 valence electrons. The second kappa shape index (κ2) is 6.19. The van der Waals surface area contributed by atoms with Crippen molar-refractivity contribution in [2.24, 2.45) is 7.05 Å². The number of aryl methyl sites for hydroxylation is 3. The molecule has 0 aliphatic carbocycles. The average molecular weight is 364 g/mol. The second-order valence-corrected chi connectivity index (χ2v) is 6.89. The lowest BCUT2D eigenvalue weighted by Crippen LogP contribution is -2.43. The second-order valence-electron chi connectivity index (χ2n) is 6.89. The molecule has 1 aliphatic heterocycles. The summed E-state index contributed by atoms with van der Waals surface area (Å²) in [5.74, 6) is -1.34. The minimum absolute atomic E-state index is 0.313. The number of nitrogens with zero attached hydrogens (tertiary/aromatic N) is 4. The van der Waals surface area contributed by atoms with E-state index in [2.05, 4.69) is 10.1 Å². The number of hydrogen-bond acceptors (Lipinski definition) is 4. The van der Waals surface area contributed by atoms with Crippen molar-refractivity contribution in [3.8, 4) is 0 Å². The monoisotopic (exact) mass is 364 g/mol. The number of carboxylic acids is 1. The predicted molar refractivity (Wildman–Crippen MR) is 99.5 cm³/mol. The largest absolute Gasteiger partial charge is 0.479 e. The van der Waals surface area contributed by atoms with Gasteiger partial charge in [-0.15, -0.1) is 0 Å². The number of carbonyl (C=O) groups is 2. The van der Waals surface area contributed by atoms with E-state index in [1.807, 2.05) is 26.1 Å². The van der Waals surface area contributed by atoms with Gasteiger partial charge < -0.3 is 10.0 Å². The number of amides is 1. The van der Waals surface area contributed by atoms with E-state index >= 15 is 0 Å². The molecule has 0 saturated heterocycles. The van der Waals surface area contributed by atoms with Crippen molar-refractivity contribution in [3.63, 3.8) is 0 Å². The smallest absolute Gasteiger partial charge is 0.331 e. The maximum atomic E-state index is 13.3. The van der Waals surface area contributed by atoms with Crippen molar-refractivity contribution in [3.05, 3.63) is 58.4 Å². The number of benzene rings is 1. The highest BCUT2D eigenvalue weighted by molar-refractivity contribution is 6.00. The third kappa shape index (κ3) is 2.66. The van der Waals surface area contributed by atoms with Gasteiger partial charge in [-0.1, -0.05) is 24.3 Å². The minimum atomic E-state index is -1.03. The van der Waals surface area contributed by atoms with Gasteiger partial charge in [0.05, 0.1) is 17.0 Å². The zero-order valence-electron chi connectivity index (χ0n) is 15.4. The molecule has 1 aromatic carbocycles. The van der Waals surface area contributed by atoms with E-state index in [9.17, 15) is 14.7 Å². The van der Waals surface area contributed by atoms with Gasteiger partial charge in [-0.05, 0) is 37.5 Å². The highest BCUT2D eigenvalue weighted by atomic mass is 16.4. The van der Waals surface area contributed by atoms with Crippen LogP contribution in [0, 0.1) is 13.8 Å². The van der Waals surface area contributed by atoms with Gasteiger partial charge in [0.2, 0.25) is 0 Å². The van der Waals surface area contributed by atoms with Gasteiger partial charge in [0.25, 0.3) is 5.91 Å². The molecule has 7 nitrogen and oxygen atoms in total. The van der Waals surface area contributed by atoms with Crippen molar-refractivity contribution in [2.45, 2.75) is 26.3 Å². The number of aliphatic carboxylic acids is 1. The Kier molecular flexibility index (Phi) is 3.95. The van der Waals surface area contributed by atoms with Crippen LogP contribution < -0.4 is 0 Å². The van der Waals surface area contributed by atoms with Crippen LogP contribution in [0.1, 0.15) is 38.9 Å². The summed E-state index contributed by atoms with van der Waals surface area (Å²) < 4.78 is 1.68. The molecule has 2 aromatic heterocycles. The van der Waals surface area contributed by atoms with Gasteiger partial charge in [0, 0.05) is 19.0 Å². The van der Waals surface area contributed by atoms with Crippen LogP contribution in [0.3, 0.4) is 0 Å². The Morgan fingerprint density at radius 3 is 2.67 bits per heavy atom. The molecule has 1 atom stereocenters. The molecule has 7 heteroatoms. The summed E-state index contributed by atoms with van der Waals surface area (Å²) in [6.07, 6.45) is 0.631. The lowest BCUT2D eigenvalue weighted by Gasteiger charge is -2.35. The molecule has 1 N–H and O–H groups in total. The Bertz CT molecular complexity index is 1090. The highest BCUT2D eigenvalue weighted by Crippen LogP contribution is 2.32.